The summed E-state index contributed by atoms with van der Waals surface area (Å²) >= 11 is 0. The number of benzene rings is 1. The molecule has 0 saturated heterocycles. The minimum absolute atomic E-state index is 0.0351. The van der Waals surface area contributed by atoms with Crippen LogP contribution in [-0.2, 0) is 4.79 Å². The minimum Gasteiger partial charge on any atom is -0.467 e. The van der Waals surface area contributed by atoms with Crippen LogP contribution in [0.15, 0.2) is 65.5 Å². The van der Waals surface area contributed by atoms with E-state index in [9.17, 15) is 4.79 Å². The number of amides is 1. The second-order valence-electron chi connectivity index (χ2n) is 5.73. The third kappa shape index (κ3) is 3.54. The molecule has 0 radical (unpaired) electrons. The molecule has 2 heterocycles. The van der Waals surface area contributed by atoms with Gasteiger partial charge in [-0.2, -0.15) is 0 Å². The highest BCUT2D eigenvalue weighted by molar-refractivity contribution is 5.92. The van der Waals surface area contributed by atoms with Gasteiger partial charge in [0.05, 0.1) is 18.7 Å². The third-order valence-corrected chi connectivity index (χ3v) is 3.89. The van der Waals surface area contributed by atoms with Crippen LogP contribution in [0.5, 0.6) is 0 Å². The van der Waals surface area contributed by atoms with Crippen LogP contribution in [0.25, 0.3) is 0 Å². The van der Waals surface area contributed by atoms with E-state index >= 15 is 0 Å². The number of carbonyl (C=O) groups excluding carboxylic acids is 1. The average molecular weight is 308 g/mol. The van der Waals surface area contributed by atoms with E-state index < -0.39 is 0 Å². The molecule has 1 N–H and O–H groups in total. The van der Waals surface area contributed by atoms with Gasteiger partial charge in [-0.1, -0.05) is 17.7 Å². The van der Waals surface area contributed by atoms with Crippen LogP contribution in [0.4, 0.5) is 5.69 Å². The topological polar surface area (TPSA) is 47.2 Å². The van der Waals surface area contributed by atoms with Crippen molar-refractivity contribution in [3.8, 4) is 0 Å². The number of anilines is 1. The van der Waals surface area contributed by atoms with Crippen LogP contribution in [0, 0.1) is 13.8 Å². The molecule has 1 aromatic carbocycles. The lowest BCUT2D eigenvalue weighted by Crippen LogP contribution is -2.19. The highest BCUT2D eigenvalue weighted by Crippen LogP contribution is 2.24. The predicted octanol–water partition coefficient (Wildman–Crippen LogP) is 4.32. The second-order valence-corrected chi connectivity index (χ2v) is 5.73. The van der Waals surface area contributed by atoms with Gasteiger partial charge in [0, 0.05) is 18.1 Å². The summed E-state index contributed by atoms with van der Waals surface area (Å²) in [5, 5.41) is 3.00. The first-order valence-electron chi connectivity index (χ1n) is 7.66. The van der Waals surface area contributed by atoms with E-state index in [4.69, 9.17) is 4.42 Å². The third-order valence-electron chi connectivity index (χ3n) is 3.89. The fourth-order valence-corrected chi connectivity index (χ4v) is 2.72. The number of nitrogens with zero attached hydrogens (tertiary/aromatic N) is 1. The standard InChI is InChI=1S/C19H20N2O2/c1-14-7-8-16(15(2)12-14)20-19(22)13-17(18-6-5-11-23-18)21-9-3-4-10-21/h3-12,17H,13H2,1-2H3,(H,20,22). The SMILES string of the molecule is Cc1ccc(NC(=O)CC(c2ccco2)n2cccc2)c(C)c1. The molecule has 4 nitrogen and oxygen atoms in total. The summed E-state index contributed by atoms with van der Waals surface area (Å²) in [6, 6.07) is 13.5. The molecule has 0 fully saturated rings. The molecule has 0 spiro atoms. The Morgan fingerprint density at radius 3 is 2.61 bits per heavy atom. The molecule has 118 valence electrons. The van der Waals surface area contributed by atoms with Crippen molar-refractivity contribution in [2.45, 2.75) is 26.3 Å². The molecule has 23 heavy (non-hydrogen) atoms. The van der Waals surface area contributed by atoms with Gasteiger partial charge in [-0.15, -0.1) is 0 Å². The first-order chi connectivity index (χ1) is 11.1. The van der Waals surface area contributed by atoms with Gasteiger partial charge in [0.2, 0.25) is 5.91 Å². The van der Waals surface area contributed by atoms with Gasteiger partial charge in [-0.25, -0.2) is 0 Å². The van der Waals surface area contributed by atoms with Crippen molar-refractivity contribution in [3.05, 3.63) is 78.0 Å². The fourth-order valence-electron chi connectivity index (χ4n) is 2.72. The molecular weight excluding hydrogens is 288 g/mol. The Hall–Kier alpha value is -2.75. The molecule has 1 atom stereocenters. The number of furan rings is 1. The van der Waals surface area contributed by atoms with Gasteiger partial charge in [0.15, 0.2) is 0 Å². The normalized spacial score (nSPS) is 12.1. The summed E-state index contributed by atoms with van der Waals surface area (Å²) in [7, 11) is 0. The van der Waals surface area contributed by atoms with Crippen molar-refractivity contribution in [3.63, 3.8) is 0 Å². The number of rotatable bonds is 5. The molecule has 0 aliphatic heterocycles. The van der Waals surface area contributed by atoms with E-state index in [1.807, 2.05) is 67.2 Å². The predicted molar refractivity (Wildman–Crippen MR) is 90.4 cm³/mol. The largest absolute Gasteiger partial charge is 0.467 e. The Labute approximate surface area is 135 Å². The van der Waals surface area contributed by atoms with Crippen LogP contribution in [-0.4, -0.2) is 10.5 Å². The Morgan fingerprint density at radius 1 is 1.17 bits per heavy atom. The van der Waals surface area contributed by atoms with E-state index in [0.717, 1.165) is 17.0 Å². The number of nitrogens with one attached hydrogen (secondary N) is 1. The highest BCUT2D eigenvalue weighted by Gasteiger charge is 2.20. The van der Waals surface area contributed by atoms with Crippen molar-refractivity contribution in [1.29, 1.82) is 0 Å². The fraction of sp³-hybridized carbons (Fsp3) is 0.211. The number of aromatic nitrogens is 1. The summed E-state index contributed by atoms with van der Waals surface area (Å²) in [5.74, 6) is 0.740. The highest BCUT2D eigenvalue weighted by atomic mass is 16.3. The van der Waals surface area contributed by atoms with E-state index in [2.05, 4.69) is 11.4 Å². The zero-order valence-electron chi connectivity index (χ0n) is 13.3. The molecule has 3 rings (SSSR count). The molecule has 3 aromatic rings. The van der Waals surface area contributed by atoms with Crippen LogP contribution in [0.1, 0.15) is 29.3 Å². The molecule has 4 heteroatoms. The Morgan fingerprint density at radius 2 is 1.96 bits per heavy atom. The van der Waals surface area contributed by atoms with Crippen molar-refractivity contribution in [2.75, 3.05) is 5.32 Å². The minimum atomic E-state index is -0.147. The number of hydrogen-bond acceptors (Lipinski definition) is 2. The van der Waals surface area contributed by atoms with Gasteiger partial charge < -0.3 is 14.3 Å². The lowest BCUT2D eigenvalue weighted by Gasteiger charge is -2.17. The first-order valence-corrected chi connectivity index (χ1v) is 7.66. The lowest BCUT2D eigenvalue weighted by molar-refractivity contribution is -0.116. The van der Waals surface area contributed by atoms with E-state index in [-0.39, 0.29) is 11.9 Å². The van der Waals surface area contributed by atoms with Crippen molar-refractivity contribution in [2.24, 2.45) is 0 Å². The second kappa shape index (κ2) is 6.57. The Bertz CT molecular complexity index is 740. The van der Waals surface area contributed by atoms with Crippen LogP contribution >= 0.6 is 0 Å². The molecule has 1 amide bonds. The Balaban J connectivity index is 1.76. The summed E-state index contributed by atoms with van der Waals surface area (Å²) in [6.45, 7) is 4.04. The lowest BCUT2D eigenvalue weighted by atomic mass is 10.1. The molecular formula is C19H20N2O2. The zero-order valence-corrected chi connectivity index (χ0v) is 13.3. The summed E-state index contributed by atoms with van der Waals surface area (Å²) in [4.78, 5) is 12.5. The first kappa shape index (κ1) is 15.2. The number of aryl methyl sites for hydroxylation is 2. The number of hydrogen-bond donors (Lipinski definition) is 1. The summed E-state index contributed by atoms with van der Waals surface area (Å²) in [5.41, 5.74) is 3.10. The maximum atomic E-state index is 12.5. The van der Waals surface area contributed by atoms with Gasteiger partial charge in [0.1, 0.15) is 5.76 Å². The van der Waals surface area contributed by atoms with Gasteiger partial charge >= 0.3 is 0 Å². The molecule has 0 bridgehead atoms. The Kier molecular flexibility index (Phi) is 4.33. The smallest absolute Gasteiger partial charge is 0.226 e. The van der Waals surface area contributed by atoms with Gasteiger partial charge in [0.25, 0.3) is 0 Å². The monoisotopic (exact) mass is 308 g/mol. The average Bonchev–Trinajstić information content (AvgIpc) is 3.21. The molecule has 2 aromatic heterocycles. The van der Waals surface area contributed by atoms with E-state index in [1.165, 1.54) is 5.56 Å². The molecule has 0 aliphatic rings. The van der Waals surface area contributed by atoms with Crippen molar-refractivity contribution < 1.29 is 9.21 Å². The van der Waals surface area contributed by atoms with Gasteiger partial charge in [-0.05, 0) is 49.7 Å². The van der Waals surface area contributed by atoms with Gasteiger partial charge in [-0.3, -0.25) is 4.79 Å². The maximum absolute atomic E-state index is 12.5. The van der Waals surface area contributed by atoms with Crippen LogP contribution in [0.2, 0.25) is 0 Å². The summed E-state index contributed by atoms with van der Waals surface area (Å²) < 4.78 is 7.50. The van der Waals surface area contributed by atoms with E-state index in [0.29, 0.717) is 6.42 Å². The number of carbonyl (C=O) groups is 1. The molecule has 0 aliphatic carbocycles. The van der Waals surface area contributed by atoms with Crippen molar-refractivity contribution in [1.82, 2.24) is 4.57 Å². The quantitative estimate of drug-likeness (QED) is 0.763. The van der Waals surface area contributed by atoms with Crippen LogP contribution in [0.3, 0.4) is 0 Å². The van der Waals surface area contributed by atoms with Crippen molar-refractivity contribution >= 4 is 11.6 Å². The zero-order chi connectivity index (χ0) is 16.2. The summed E-state index contributed by atoms with van der Waals surface area (Å²) in [6.07, 6.45) is 5.83. The van der Waals surface area contributed by atoms with E-state index in [1.54, 1.807) is 6.26 Å². The maximum Gasteiger partial charge on any atom is 0.226 e. The molecule has 0 saturated carbocycles. The van der Waals surface area contributed by atoms with Crippen LogP contribution < -0.4 is 5.32 Å². The molecule has 1 unspecified atom stereocenters.